The number of benzene rings is 1. The molecule has 11 heteroatoms. The molecule has 5 rings (SSSR count). The molecule has 1 aliphatic heterocycles. The number of aromatic nitrogens is 5. The number of carbonyl (C=O) groups is 1. The predicted octanol–water partition coefficient (Wildman–Crippen LogP) is 3.32. The summed E-state index contributed by atoms with van der Waals surface area (Å²) in [5, 5.41) is 10.5. The van der Waals surface area contributed by atoms with Gasteiger partial charge in [0.2, 0.25) is 0 Å². The van der Waals surface area contributed by atoms with Gasteiger partial charge in [0.1, 0.15) is 5.82 Å². The third-order valence-electron chi connectivity index (χ3n) is 5.13. The maximum atomic E-state index is 14.5. The second-order valence-corrected chi connectivity index (χ2v) is 7.14. The van der Waals surface area contributed by atoms with Crippen LogP contribution in [-0.4, -0.2) is 44.1 Å². The molecule has 1 aliphatic rings. The smallest absolute Gasteiger partial charge is 0.277 e. The van der Waals surface area contributed by atoms with Crippen molar-refractivity contribution in [2.24, 2.45) is 0 Å². The fraction of sp³-hybridized carbons (Fsp3) is 0.200. The monoisotopic (exact) mass is 428 g/mol. The van der Waals surface area contributed by atoms with E-state index in [1.54, 1.807) is 0 Å². The molecular weight excluding hydrogens is 413 g/mol. The number of nitrogens with zero attached hydrogens (tertiary/aromatic N) is 4. The molecule has 0 radical (unpaired) electrons. The van der Waals surface area contributed by atoms with Crippen molar-refractivity contribution in [3.05, 3.63) is 65.6 Å². The highest BCUT2D eigenvalue weighted by Crippen LogP contribution is 2.27. The molecule has 3 aromatic heterocycles. The normalized spacial score (nSPS) is 16.2. The minimum atomic E-state index is -1.03. The number of hydrogen-bond acceptors (Lipinski definition) is 5. The van der Waals surface area contributed by atoms with Gasteiger partial charge in [0.15, 0.2) is 17.3 Å². The van der Waals surface area contributed by atoms with Crippen molar-refractivity contribution in [2.45, 2.75) is 12.3 Å². The first-order chi connectivity index (χ1) is 15.0. The molecule has 158 valence electrons. The molecule has 0 saturated carbocycles. The third kappa shape index (κ3) is 3.52. The van der Waals surface area contributed by atoms with E-state index < -0.39 is 23.4 Å². The van der Waals surface area contributed by atoms with Crippen molar-refractivity contribution in [1.82, 2.24) is 25.0 Å². The fourth-order valence-electron chi connectivity index (χ4n) is 3.51. The lowest BCUT2D eigenvalue weighted by atomic mass is 10.0. The van der Waals surface area contributed by atoms with Crippen LogP contribution < -0.4 is 5.32 Å². The zero-order valence-corrected chi connectivity index (χ0v) is 15.9. The highest BCUT2D eigenvalue weighted by Gasteiger charge is 2.23. The summed E-state index contributed by atoms with van der Waals surface area (Å²) >= 11 is 0. The quantitative estimate of drug-likeness (QED) is 0.520. The summed E-state index contributed by atoms with van der Waals surface area (Å²) in [4.78, 5) is 19.5. The Bertz CT molecular complexity index is 1300. The van der Waals surface area contributed by atoms with E-state index >= 15 is 0 Å². The Morgan fingerprint density at radius 2 is 2.03 bits per heavy atom. The summed E-state index contributed by atoms with van der Waals surface area (Å²) in [6.45, 7) is 1.01. The lowest BCUT2D eigenvalue weighted by Gasteiger charge is -2.09. The number of H-pyrrole nitrogens is 1. The average Bonchev–Trinajstić information content (AvgIpc) is 3.50. The van der Waals surface area contributed by atoms with E-state index in [1.165, 1.54) is 29.3 Å². The van der Waals surface area contributed by atoms with E-state index in [0.29, 0.717) is 41.9 Å². The van der Waals surface area contributed by atoms with Gasteiger partial charge in [0, 0.05) is 36.2 Å². The largest absolute Gasteiger partial charge is 0.381 e. The van der Waals surface area contributed by atoms with Crippen LogP contribution in [0.2, 0.25) is 0 Å². The molecule has 1 unspecified atom stereocenters. The number of fused-ring (bicyclic) bond motifs is 1. The number of anilines is 1. The number of pyridine rings is 1. The van der Waals surface area contributed by atoms with Crippen molar-refractivity contribution >= 4 is 22.5 Å². The molecule has 4 aromatic rings. The van der Waals surface area contributed by atoms with Gasteiger partial charge in [-0.2, -0.15) is 0 Å². The minimum Gasteiger partial charge on any atom is -0.381 e. The van der Waals surface area contributed by atoms with Crippen LogP contribution in [0.3, 0.4) is 0 Å². The van der Waals surface area contributed by atoms with E-state index in [1.807, 2.05) is 0 Å². The summed E-state index contributed by atoms with van der Waals surface area (Å²) in [6, 6.07) is 3.26. The molecule has 1 aromatic carbocycles. The molecule has 2 N–H and O–H groups in total. The molecule has 0 spiro atoms. The summed E-state index contributed by atoms with van der Waals surface area (Å²) in [5.41, 5.74) is 1.17. The van der Waals surface area contributed by atoms with Crippen LogP contribution in [0.1, 0.15) is 28.5 Å². The Hall–Kier alpha value is -3.73. The van der Waals surface area contributed by atoms with Crippen LogP contribution in [0.15, 0.2) is 36.8 Å². The van der Waals surface area contributed by atoms with Gasteiger partial charge in [-0.25, -0.2) is 17.9 Å². The number of ether oxygens (including phenoxy) is 1. The van der Waals surface area contributed by atoms with E-state index in [2.05, 4.69) is 25.6 Å². The minimum absolute atomic E-state index is 0.0504. The lowest BCUT2D eigenvalue weighted by molar-refractivity contribution is 0.102. The summed E-state index contributed by atoms with van der Waals surface area (Å²) in [6.07, 6.45) is 4.89. The standard InChI is InChI=1S/C20H15F3N6O2/c21-13-4-12-16(5-14(13)22)24-7-17(12)26-20(30)18-8-29(28-27-18)11-3-15(23)19(25-6-11)10-1-2-31-9-10/h3-8,10,24H,1-2,9H2,(H,26,30). The molecule has 1 fully saturated rings. The number of amides is 1. The van der Waals surface area contributed by atoms with Crippen LogP contribution in [0, 0.1) is 17.5 Å². The Balaban J connectivity index is 1.36. The van der Waals surface area contributed by atoms with Crippen LogP contribution in [0.25, 0.3) is 16.6 Å². The van der Waals surface area contributed by atoms with E-state index in [9.17, 15) is 18.0 Å². The molecular formula is C20H15F3N6O2. The SMILES string of the molecule is O=C(Nc1c[nH]c2cc(F)c(F)cc12)c1cn(-c2cnc(C3CCOC3)c(F)c2)nn1. The second-order valence-electron chi connectivity index (χ2n) is 7.14. The fourth-order valence-corrected chi connectivity index (χ4v) is 3.51. The lowest BCUT2D eigenvalue weighted by Crippen LogP contribution is -2.12. The van der Waals surface area contributed by atoms with Crippen molar-refractivity contribution in [3.8, 4) is 5.69 Å². The molecule has 1 saturated heterocycles. The summed E-state index contributed by atoms with van der Waals surface area (Å²) in [5.74, 6) is -3.22. The van der Waals surface area contributed by atoms with E-state index in [-0.39, 0.29) is 17.3 Å². The number of nitrogens with one attached hydrogen (secondary N) is 2. The number of halogens is 3. The molecule has 8 nitrogen and oxygen atoms in total. The number of aromatic amines is 1. The molecule has 1 atom stereocenters. The Kier molecular flexibility index (Phi) is 4.66. The van der Waals surface area contributed by atoms with Crippen LogP contribution in [0.5, 0.6) is 0 Å². The van der Waals surface area contributed by atoms with Crippen molar-refractivity contribution in [2.75, 3.05) is 18.5 Å². The highest BCUT2D eigenvalue weighted by atomic mass is 19.2. The van der Waals surface area contributed by atoms with Gasteiger partial charge in [0.05, 0.1) is 41.6 Å². The van der Waals surface area contributed by atoms with E-state index in [4.69, 9.17) is 4.74 Å². The number of rotatable bonds is 4. The van der Waals surface area contributed by atoms with Gasteiger partial charge in [0.25, 0.3) is 5.91 Å². The zero-order valence-electron chi connectivity index (χ0n) is 15.9. The zero-order chi connectivity index (χ0) is 21.5. The van der Waals surface area contributed by atoms with Crippen LogP contribution in [0.4, 0.5) is 18.9 Å². The van der Waals surface area contributed by atoms with Crippen molar-refractivity contribution < 1.29 is 22.7 Å². The number of hydrogen-bond donors (Lipinski definition) is 2. The summed E-state index contributed by atoms with van der Waals surface area (Å²) in [7, 11) is 0. The van der Waals surface area contributed by atoms with Gasteiger partial charge in [-0.15, -0.1) is 5.10 Å². The van der Waals surface area contributed by atoms with Gasteiger partial charge in [-0.1, -0.05) is 5.21 Å². The third-order valence-corrected chi connectivity index (χ3v) is 5.13. The topological polar surface area (TPSA) is 97.7 Å². The highest BCUT2D eigenvalue weighted by molar-refractivity contribution is 6.07. The average molecular weight is 428 g/mol. The first-order valence-corrected chi connectivity index (χ1v) is 9.43. The van der Waals surface area contributed by atoms with Crippen molar-refractivity contribution in [1.29, 1.82) is 0 Å². The maximum absolute atomic E-state index is 14.5. The maximum Gasteiger partial charge on any atom is 0.277 e. The molecule has 0 bridgehead atoms. The Morgan fingerprint density at radius 3 is 2.81 bits per heavy atom. The number of carbonyl (C=O) groups excluding carboxylic acids is 1. The Labute approximate surface area is 173 Å². The van der Waals surface area contributed by atoms with E-state index in [0.717, 1.165) is 12.1 Å². The van der Waals surface area contributed by atoms with Gasteiger partial charge in [-0.3, -0.25) is 9.78 Å². The molecule has 31 heavy (non-hydrogen) atoms. The van der Waals surface area contributed by atoms with Gasteiger partial charge >= 0.3 is 0 Å². The summed E-state index contributed by atoms with van der Waals surface area (Å²) < 4.78 is 47.9. The van der Waals surface area contributed by atoms with Crippen LogP contribution >= 0.6 is 0 Å². The van der Waals surface area contributed by atoms with Gasteiger partial charge < -0.3 is 15.0 Å². The molecule has 1 amide bonds. The first-order valence-electron chi connectivity index (χ1n) is 9.43. The second kappa shape index (κ2) is 7.51. The van der Waals surface area contributed by atoms with Crippen LogP contribution in [-0.2, 0) is 4.74 Å². The molecule has 4 heterocycles. The van der Waals surface area contributed by atoms with Gasteiger partial charge in [-0.05, 0) is 12.5 Å². The van der Waals surface area contributed by atoms with Crippen molar-refractivity contribution in [3.63, 3.8) is 0 Å². The first kappa shape index (κ1) is 19.2. The Morgan fingerprint density at radius 1 is 1.19 bits per heavy atom. The predicted molar refractivity (Wildman–Crippen MR) is 103 cm³/mol. The molecule has 0 aliphatic carbocycles.